The molecular weight excluding hydrogens is 449 g/mol. The highest BCUT2D eigenvalue weighted by Crippen LogP contribution is 2.48. The molecule has 2 saturated heterocycles. The number of hydrogen-bond acceptors (Lipinski definition) is 6. The number of aliphatic carboxylic acids is 1. The van der Waals surface area contributed by atoms with Crippen molar-refractivity contribution in [2.45, 2.75) is 68.1 Å². The predicted molar refractivity (Wildman–Crippen MR) is 128 cm³/mol. The molecule has 0 amide bonds. The molecule has 8 heteroatoms. The zero-order chi connectivity index (χ0) is 24.3. The number of carbonyl (C=O) groups excluding carboxylic acids is 1. The summed E-state index contributed by atoms with van der Waals surface area (Å²) in [7, 11) is 2.08. The molecule has 35 heavy (non-hydrogen) atoms. The number of Topliss-reactive ketones (excluding diaryl/α,β-unsaturated/α-hetero) is 1. The summed E-state index contributed by atoms with van der Waals surface area (Å²) in [6.07, 6.45) is 2.51. The Labute approximate surface area is 205 Å². The molecular formula is C27H34FN3O4. The minimum absolute atomic E-state index is 0.0237. The number of piperazine rings is 1. The van der Waals surface area contributed by atoms with Gasteiger partial charge in [-0.25, -0.2) is 9.18 Å². The molecule has 188 valence electrons. The van der Waals surface area contributed by atoms with E-state index in [1.54, 1.807) is 6.20 Å². The number of halogens is 1. The Kier molecular flexibility index (Phi) is 5.93. The standard InChI is InChI=1S/C27H34FN3O4/c1-29-9-11-30(12-10-29)24-20(28)14-18-23-26(24)35-22-8-7-17(16-5-3-2-4-6-16)13-21(22)31(23)15-19(25(18)32)27(33)34/h2-6,15,17-18,20-24,26H,7-14H2,1H3,(H,33,34). The molecule has 2 saturated carbocycles. The Balaban J connectivity index is 1.36. The van der Waals surface area contributed by atoms with Crippen LogP contribution in [0.5, 0.6) is 0 Å². The van der Waals surface area contributed by atoms with E-state index in [1.165, 1.54) is 5.56 Å². The summed E-state index contributed by atoms with van der Waals surface area (Å²) >= 11 is 0. The van der Waals surface area contributed by atoms with Crippen molar-refractivity contribution < 1.29 is 23.8 Å². The first-order chi connectivity index (χ1) is 16.9. The highest BCUT2D eigenvalue weighted by Gasteiger charge is 2.60. The maximum atomic E-state index is 15.8. The third kappa shape index (κ3) is 3.90. The van der Waals surface area contributed by atoms with Gasteiger partial charge in [-0.15, -0.1) is 0 Å². The molecule has 4 fully saturated rings. The summed E-state index contributed by atoms with van der Waals surface area (Å²) in [4.78, 5) is 31.8. The molecule has 8 atom stereocenters. The highest BCUT2D eigenvalue weighted by atomic mass is 19.1. The first-order valence-corrected chi connectivity index (χ1v) is 13.0. The molecule has 1 aromatic carbocycles. The lowest BCUT2D eigenvalue weighted by Gasteiger charge is -2.61. The zero-order valence-electron chi connectivity index (χ0n) is 20.1. The largest absolute Gasteiger partial charge is 0.478 e. The maximum Gasteiger partial charge on any atom is 0.340 e. The molecule has 0 radical (unpaired) electrons. The Morgan fingerprint density at radius 3 is 2.51 bits per heavy atom. The predicted octanol–water partition coefficient (Wildman–Crippen LogP) is 2.29. The lowest BCUT2D eigenvalue weighted by Crippen LogP contribution is -2.73. The molecule has 7 nitrogen and oxygen atoms in total. The molecule has 0 spiro atoms. The lowest BCUT2D eigenvalue weighted by molar-refractivity contribution is -0.214. The van der Waals surface area contributed by atoms with E-state index < -0.39 is 36.0 Å². The lowest BCUT2D eigenvalue weighted by atomic mass is 9.68. The number of benzene rings is 1. The van der Waals surface area contributed by atoms with Gasteiger partial charge in [0.25, 0.3) is 0 Å². The van der Waals surface area contributed by atoms with Gasteiger partial charge in [0.05, 0.1) is 30.3 Å². The van der Waals surface area contributed by atoms with Crippen molar-refractivity contribution >= 4 is 11.8 Å². The Bertz CT molecular complexity index is 1010. The number of fused-ring (bicyclic) bond motifs is 2. The van der Waals surface area contributed by atoms with Gasteiger partial charge >= 0.3 is 5.97 Å². The molecule has 0 bridgehead atoms. The number of hydrogen-bond donors (Lipinski definition) is 1. The molecule has 1 aromatic rings. The molecule has 0 aromatic heterocycles. The summed E-state index contributed by atoms with van der Waals surface area (Å²) < 4.78 is 22.6. The summed E-state index contributed by atoms with van der Waals surface area (Å²) in [5.41, 5.74) is 1.07. The van der Waals surface area contributed by atoms with Crippen LogP contribution >= 0.6 is 0 Å². The molecule has 6 rings (SSSR count). The second-order valence-electron chi connectivity index (χ2n) is 11.0. The van der Waals surface area contributed by atoms with Crippen LogP contribution in [0, 0.1) is 5.92 Å². The van der Waals surface area contributed by atoms with Crippen LogP contribution < -0.4 is 0 Å². The van der Waals surface area contributed by atoms with E-state index in [4.69, 9.17) is 4.74 Å². The van der Waals surface area contributed by atoms with Crippen molar-refractivity contribution in [3.63, 3.8) is 0 Å². The highest BCUT2D eigenvalue weighted by molar-refractivity contribution is 6.18. The minimum atomic E-state index is -1.22. The number of morpholine rings is 1. The first kappa shape index (κ1) is 23.1. The van der Waals surface area contributed by atoms with Gasteiger partial charge in [0.2, 0.25) is 0 Å². The van der Waals surface area contributed by atoms with Crippen LogP contribution in [0.3, 0.4) is 0 Å². The van der Waals surface area contributed by atoms with Gasteiger partial charge in [-0.2, -0.15) is 0 Å². The minimum Gasteiger partial charge on any atom is -0.478 e. The number of carboxylic acids is 1. The quantitative estimate of drug-likeness (QED) is 0.662. The van der Waals surface area contributed by atoms with Crippen molar-refractivity contribution in [1.29, 1.82) is 0 Å². The second-order valence-corrected chi connectivity index (χ2v) is 11.0. The maximum absolute atomic E-state index is 15.8. The molecule has 1 N–H and O–H groups in total. The average Bonchev–Trinajstić information content (AvgIpc) is 2.86. The molecule has 8 unspecified atom stereocenters. The second kappa shape index (κ2) is 8.98. The normalized spacial score (nSPS) is 40.0. The topological polar surface area (TPSA) is 73.3 Å². The summed E-state index contributed by atoms with van der Waals surface area (Å²) in [5, 5.41) is 9.82. The van der Waals surface area contributed by atoms with Crippen LogP contribution in [0.4, 0.5) is 4.39 Å². The average molecular weight is 484 g/mol. The van der Waals surface area contributed by atoms with E-state index >= 15 is 4.39 Å². The van der Waals surface area contributed by atoms with Gasteiger partial charge in [0.15, 0.2) is 5.78 Å². The van der Waals surface area contributed by atoms with Gasteiger partial charge in [0.1, 0.15) is 11.7 Å². The van der Waals surface area contributed by atoms with E-state index in [0.29, 0.717) is 5.92 Å². The number of likely N-dealkylation sites (N-methyl/N-ethyl adjacent to an activating group) is 1. The van der Waals surface area contributed by atoms with E-state index in [2.05, 4.69) is 46.0 Å². The number of rotatable bonds is 3. The number of nitrogens with zero attached hydrogens (tertiary/aromatic N) is 3. The van der Waals surface area contributed by atoms with E-state index in [-0.39, 0.29) is 30.2 Å². The summed E-state index contributed by atoms with van der Waals surface area (Å²) in [5.74, 6) is -2.00. The fraction of sp³-hybridized carbons (Fsp3) is 0.630. The first-order valence-electron chi connectivity index (χ1n) is 13.0. The zero-order valence-corrected chi connectivity index (χ0v) is 20.1. The van der Waals surface area contributed by atoms with Gasteiger partial charge in [-0.3, -0.25) is 9.69 Å². The number of ether oxygens (including phenoxy) is 1. The van der Waals surface area contributed by atoms with Crippen molar-refractivity contribution in [3.8, 4) is 0 Å². The third-order valence-electron chi connectivity index (χ3n) is 9.09. The molecule has 2 aliphatic carbocycles. The SMILES string of the molecule is CN1CCN(C2C(F)CC3C(=O)C(C(=O)O)=CN4C5CC(c6ccccc6)CCC5OC2C34)CC1. The molecule has 3 heterocycles. The summed E-state index contributed by atoms with van der Waals surface area (Å²) in [6, 6.07) is 9.66. The van der Waals surface area contributed by atoms with Gasteiger partial charge in [0, 0.05) is 38.3 Å². The van der Waals surface area contributed by atoms with Crippen LogP contribution in [0.2, 0.25) is 0 Å². The number of carboxylic acid groups (broad SMARTS) is 1. The van der Waals surface area contributed by atoms with Crippen molar-refractivity contribution in [3.05, 3.63) is 47.7 Å². The Morgan fingerprint density at radius 2 is 1.80 bits per heavy atom. The number of carbonyl (C=O) groups is 2. The summed E-state index contributed by atoms with van der Waals surface area (Å²) in [6.45, 7) is 3.29. The van der Waals surface area contributed by atoms with Gasteiger partial charge in [-0.05, 0) is 44.2 Å². The van der Waals surface area contributed by atoms with Crippen LogP contribution in [0.15, 0.2) is 42.1 Å². The van der Waals surface area contributed by atoms with E-state index in [0.717, 1.165) is 45.4 Å². The Hall–Kier alpha value is -2.29. The molecule has 5 aliphatic rings. The van der Waals surface area contributed by atoms with Crippen LogP contribution in [0.1, 0.15) is 37.2 Å². The Morgan fingerprint density at radius 1 is 1.06 bits per heavy atom. The van der Waals surface area contributed by atoms with E-state index in [9.17, 15) is 14.7 Å². The van der Waals surface area contributed by atoms with Crippen LogP contribution in [0.25, 0.3) is 0 Å². The monoisotopic (exact) mass is 483 g/mol. The van der Waals surface area contributed by atoms with Gasteiger partial charge in [-0.1, -0.05) is 30.3 Å². The molecule has 3 aliphatic heterocycles. The fourth-order valence-electron chi connectivity index (χ4n) is 7.31. The van der Waals surface area contributed by atoms with Crippen LogP contribution in [-0.2, 0) is 14.3 Å². The number of alkyl halides is 1. The fourth-order valence-corrected chi connectivity index (χ4v) is 7.31. The third-order valence-corrected chi connectivity index (χ3v) is 9.09. The smallest absolute Gasteiger partial charge is 0.340 e. The van der Waals surface area contributed by atoms with Crippen molar-refractivity contribution in [1.82, 2.24) is 14.7 Å². The van der Waals surface area contributed by atoms with Crippen molar-refractivity contribution in [2.24, 2.45) is 5.92 Å². The van der Waals surface area contributed by atoms with Gasteiger partial charge < -0.3 is 19.6 Å². The van der Waals surface area contributed by atoms with E-state index in [1.807, 2.05) is 6.07 Å². The van der Waals surface area contributed by atoms with Crippen LogP contribution in [-0.4, -0.2) is 101 Å². The van der Waals surface area contributed by atoms with Crippen molar-refractivity contribution in [2.75, 3.05) is 33.2 Å². The number of ketones is 1.